The van der Waals surface area contributed by atoms with Crippen molar-refractivity contribution in [3.05, 3.63) is 64.1 Å². The van der Waals surface area contributed by atoms with Crippen LogP contribution in [0.4, 0.5) is 5.69 Å². The summed E-state index contributed by atoms with van der Waals surface area (Å²) >= 11 is 3.37. The third-order valence-electron chi connectivity index (χ3n) is 5.35. The standard InChI is InChI=1S/C21H21BrN2O2/c22-17-6-7-19-18(13-17)20(25)21(26)24(19)14-23-10-8-16(9-11-23)12-15-4-2-1-3-5-15/h1-7,13,16H,8-12,14H2. The predicted molar refractivity (Wildman–Crippen MR) is 105 cm³/mol. The lowest BCUT2D eigenvalue weighted by molar-refractivity contribution is -0.114. The lowest BCUT2D eigenvalue weighted by Gasteiger charge is -2.34. The summed E-state index contributed by atoms with van der Waals surface area (Å²) in [5.74, 6) is -0.127. The number of hydrogen-bond donors (Lipinski definition) is 0. The van der Waals surface area contributed by atoms with E-state index in [1.807, 2.05) is 12.1 Å². The van der Waals surface area contributed by atoms with E-state index in [1.165, 1.54) is 5.56 Å². The van der Waals surface area contributed by atoms with Crippen LogP contribution in [0.3, 0.4) is 0 Å². The molecule has 134 valence electrons. The Morgan fingerprint density at radius 2 is 1.73 bits per heavy atom. The van der Waals surface area contributed by atoms with Gasteiger partial charge in [0.2, 0.25) is 0 Å². The second-order valence-electron chi connectivity index (χ2n) is 7.12. The highest BCUT2D eigenvalue weighted by Gasteiger charge is 2.37. The Bertz CT molecular complexity index is 829. The number of nitrogens with zero attached hydrogens (tertiary/aromatic N) is 2. The Morgan fingerprint density at radius 3 is 2.46 bits per heavy atom. The van der Waals surface area contributed by atoms with Gasteiger partial charge < -0.3 is 0 Å². The molecule has 2 aliphatic rings. The van der Waals surface area contributed by atoms with E-state index in [9.17, 15) is 9.59 Å². The molecule has 2 aliphatic heterocycles. The number of carbonyl (C=O) groups excluding carboxylic acids is 2. The molecule has 2 aromatic rings. The summed E-state index contributed by atoms with van der Waals surface area (Å²) in [4.78, 5) is 28.5. The fourth-order valence-corrected chi connectivity index (χ4v) is 4.25. The fraction of sp³-hybridized carbons (Fsp3) is 0.333. The van der Waals surface area contributed by atoms with Crippen LogP contribution >= 0.6 is 15.9 Å². The first kappa shape index (κ1) is 17.4. The summed E-state index contributed by atoms with van der Waals surface area (Å²) < 4.78 is 0.820. The van der Waals surface area contributed by atoms with E-state index in [2.05, 4.69) is 51.2 Å². The van der Waals surface area contributed by atoms with Crippen LogP contribution in [0, 0.1) is 5.92 Å². The number of likely N-dealkylation sites (tertiary alicyclic amines) is 1. The molecule has 0 saturated carbocycles. The van der Waals surface area contributed by atoms with Crippen molar-refractivity contribution < 1.29 is 9.59 Å². The maximum absolute atomic E-state index is 12.4. The molecule has 0 radical (unpaired) electrons. The zero-order chi connectivity index (χ0) is 18.1. The summed E-state index contributed by atoms with van der Waals surface area (Å²) in [5, 5.41) is 0. The van der Waals surface area contributed by atoms with E-state index in [0.717, 1.165) is 42.5 Å². The van der Waals surface area contributed by atoms with Gasteiger partial charge in [0.05, 0.1) is 17.9 Å². The molecule has 0 spiro atoms. The number of fused-ring (bicyclic) bond motifs is 1. The summed E-state index contributed by atoms with van der Waals surface area (Å²) in [7, 11) is 0. The monoisotopic (exact) mass is 412 g/mol. The topological polar surface area (TPSA) is 40.6 Å². The molecule has 2 aromatic carbocycles. The van der Waals surface area contributed by atoms with Gasteiger partial charge in [-0.1, -0.05) is 46.3 Å². The molecule has 0 bridgehead atoms. The number of anilines is 1. The van der Waals surface area contributed by atoms with Gasteiger partial charge in [0.15, 0.2) is 0 Å². The average molecular weight is 413 g/mol. The van der Waals surface area contributed by atoms with Crippen LogP contribution in [0.5, 0.6) is 0 Å². The Kier molecular flexibility index (Phi) is 4.92. The van der Waals surface area contributed by atoms with Crippen LogP contribution < -0.4 is 4.90 Å². The summed E-state index contributed by atoms with van der Waals surface area (Å²) in [6.07, 6.45) is 3.36. The minimum atomic E-state index is -0.412. The van der Waals surface area contributed by atoms with Crippen molar-refractivity contribution >= 4 is 33.3 Å². The third kappa shape index (κ3) is 3.46. The molecular weight excluding hydrogens is 392 g/mol. The van der Waals surface area contributed by atoms with Crippen LogP contribution in [0.25, 0.3) is 0 Å². The number of piperidine rings is 1. The SMILES string of the molecule is O=C1C(=O)N(CN2CCC(Cc3ccccc3)CC2)c2ccc(Br)cc21. The molecule has 0 N–H and O–H groups in total. The van der Waals surface area contributed by atoms with Gasteiger partial charge in [0, 0.05) is 17.6 Å². The molecule has 26 heavy (non-hydrogen) atoms. The summed E-state index contributed by atoms with van der Waals surface area (Å²) in [6.45, 7) is 2.42. The van der Waals surface area contributed by atoms with Crippen LogP contribution in [0.2, 0.25) is 0 Å². The van der Waals surface area contributed by atoms with Crippen molar-refractivity contribution in [3.63, 3.8) is 0 Å². The number of amides is 1. The van der Waals surface area contributed by atoms with Crippen LogP contribution in [0.1, 0.15) is 28.8 Å². The van der Waals surface area contributed by atoms with E-state index < -0.39 is 11.7 Å². The van der Waals surface area contributed by atoms with Crippen LogP contribution in [0.15, 0.2) is 53.0 Å². The number of Topliss-reactive ketones (excluding diaryl/α,β-unsaturated/α-hetero) is 1. The van der Waals surface area contributed by atoms with Gasteiger partial charge in [0.25, 0.3) is 5.78 Å². The third-order valence-corrected chi connectivity index (χ3v) is 5.84. The molecule has 0 aliphatic carbocycles. The second-order valence-corrected chi connectivity index (χ2v) is 8.03. The second kappa shape index (κ2) is 7.33. The molecule has 2 heterocycles. The van der Waals surface area contributed by atoms with Crippen molar-refractivity contribution in [2.75, 3.05) is 24.7 Å². The number of benzene rings is 2. The van der Waals surface area contributed by atoms with Gasteiger partial charge in [-0.15, -0.1) is 0 Å². The molecule has 4 nitrogen and oxygen atoms in total. The minimum absolute atomic E-state index is 0.403. The normalized spacial score (nSPS) is 18.4. The number of rotatable bonds is 4. The zero-order valence-electron chi connectivity index (χ0n) is 14.5. The van der Waals surface area contributed by atoms with Crippen LogP contribution in [-0.4, -0.2) is 36.3 Å². The Hall–Kier alpha value is -1.98. The highest BCUT2D eigenvalue weighted by molar-refractivity contribution is 9.10. The predicted octanol–water partition coefficient (Wildman–Crippen LogP) is 3.89. The number of halogens is 1. The Balaban J connectivity index is 1.38. The molecule has 4 rings (SSSR count). The number of hydrogen-bond acceptors (Lipinski definition) is 3. The van der Waals surface area contributed by atoms with Crippen molar-refractivity contribution in [1.29, 1.82) is 0 Å². The summed E-state index contributed by atoms with van der Waals surface area (Å²) in [6, 6.07) is 16.1. The Labute approximate surface area is 161 Å². The van der Waals surface area contributed by atoms with Crippen molar-refractivity contribution in [2.45, 2.75) is 19.3 Å². The molecule has 0 unspecified atom stereocenters. The molecular formula is C21H21BrN2O2. The maximum Gasteiger partial charge on any atom is 0.300 e. The van der Waals surface area contributed by atoms with E-state index in [0.29, 0.717) is 18.2 Å². The van der Waals surface area contributed by atoms with Gasteiger partial charge in [-0.05, 0) is 48.9 Å². The molecule has 1 saturated heterocycles. The first-order valence-electron chi connectivity index (χ1n) is 9.04. The van der Waals surface area contributed by atoms with Gasteiger partial charge in [-0.3, -0.25) is 19.4 Å². The smallest absolute Gasteiger partial charge is 0.291 e. The van der Waals surface area contributed by atoms with E-state index in [1.54, 1.807) is 11.0 Å². The van der Waals surface area contributed by atoms with Crippen molar-refractivity contribution in [1.82, 2.24) is 4.90 Å². The molecule has 0 aromatic heterocycles. The largest absolute Gasteiger partial charge is 0.300 e. The first-order valence-corrected chi connectivity index (χ1v) is 9.83. The van der Waals surface area contributed by atoms with E-state index >= 15 is 0 Å². The van der Waals surface area contributed by atoms with Gasteiger partial charge in [-0.25, -0.2) is 0 Å². The van der Waals surface area contributed by atoms with Crippen molar-refractivity contribution in [3.8, 4) is 0 Å². The molecule has 1 fully saturated rings. The number of ketones is 1. The maximum atomic E-state index is 12.4. The Morgan fingerprint density at radius 1 is 1.00 bits per heavy atom. The first-order chi connectivity index (χ1) is 12.6. The molecule has 1 amide bonds. The lowest BCUT2D eigenvalue weighted by Crippen LogP contribution is -2.44. The summed E-state index contributed by atoms with van der Waals surface area (Å²) in [5.41, 5.74) is 2.63. The lowest BCUT2D eigenvalue weighted by atomic mass is 9.90. The van der Waals surface area contributed by atoms with E-state index in [4.69, 9.17) is 0 Å². The van der Waals surface area contributed by atoms with E-state index in [-0.39, 0.29) is 0 Å². The highest BCUT2D eigenvalue weighted by atomic mass is 79.9. The minimum Gasteiger partial charge on any atom is -0.291 e. The fourth-order valence-electron chi connectivity index (χ4n) is 3.89. The molecule has 5 heteroatoms. The average Bonchev–Trinajstić information content (AvgIpc) is 2.89. The van der Waals surface area contributed by atoms with Crippen LogP contribution in [-0.2, 0) is 11.2 Å². The van der Waals surface area contributed by atoms with Gasteiger partial charge in [0.1, 0.15) is 0 Å². The zero-order valence-corrected chi connectivity index (χ0v) is 16.1. The van der Waals surface area contributed by atoms with Crippen molar-refractivity contribution in [2.24, 2.45) is 5.92 Å². The van der Waals surface area contributed by atoms with Gasteiger partial charge in [-0.2, -0.15) is 0 Å². The highest BCUT2D eigenvalue weighted by Crippen LogP contribution is 2.32. The quantitative estimate of drug-likeness (QED) is 0.715. The van der Waals surface area contributed by atoms with Gasteiger partial charge >= 0.3 is 5.91 Å². The molecule has 0 atom stereocenters. The number of carbonyl (C=O) groups is 2.